The van der Waals surface area contributed by atoms with Crippen LogP contribution >= 0.6 is 0 Å². The van der Waals surface area contributed by atoms with Gasteiger partial charge in [-0.05, 0) is 25.5 Å². The number of amides is 1. The number of nitrogens with zero attached hydrogens (tertiary/aromatic N) is 5. The van der Waals surface area contributed by atoms with Crippen molar-refractivity contribution in [1.29, 1.82) is 0 Å². The molecule has 0 bridgehead atoms. The number of rotatable bonds is 5. The van der Waals surface area contributed by atoms with E-state index in [1.807, 2.05) is 4.90 Å². The van der Waals surface area contributed by atoms with Crippen LogP contribution in [0.4, 0.5) is 10.3 Å². The second-order valence-electron chi connectivity index (χ2n) is 7.60. The summed E-state index contributed by atoms with van der Waals surface area (Å²) in [7, 11) is -3.39. The van der Waals surface area contributed by atoms with Gasteiger partial charge in [0.25, 0.3) is 5.91 Å². The highest BCUT2D eigenvalue weighted by molar-refractivity contribution is 7.90. The monoisotopic (exact) mass is 456 g/mol. The van der Waals surface area contributed by atoms with Gasteiger partial charge in [-0.2, -0.15) is 0 Å². The second kappa shape index (κ2) is 8.58. The first-order valence-corrected chi connectivity index (χ1v) is 11.8. The molecule has 32 heavy (non-hydrogen) atoms. The van der Waals surface area contributed by atoms with Crippen molar-refractivity contribution in [2.45, 2.75) is 24.3 Å². The van der Waals surface area contributed by atoms with Crippen LogP contribution in [0.1, 0.15) is 22.5 Å². The van der Waals surface area contributed by atoms with Gasteiger partial charge in [0.15, 0.2) is 15.7 Å². The normalized spacial score (nSPS) is 16.2. The number of hydrogen-bond acceptors (Lipinski definition) is 8. The van der Waals surface area contributed by atoms with Crippen molar-refractivity contribution in [2.24, 2.45) is 0 Å². The Kier molecular flexibility index (Phi) is 5.83. The number of halogens is 1. The summed E-state index contributed by atoms with van der Waals surface area (Å²) in [6.07, 6.45) is 5.94. The Morgan fingerprint density at radius 3 is 2.59 bits per heavy atom. The largest absolute Gasteiger partial charge is 0.347 e. The minimum Gasteiger partial charge on any atom is -0.347 e. The first-order valence-electron chi connectivity index (χ1n) is 9.88. The van der Waals surface area contributed by atoms with Gasteiger partial charge in [-0.15, -0.1) is 0 Å². The number of sulfone groups is 1. The zero-order chi connectivity index (χ0) is 22.9. The molecular formula is C21H21FN6O3S. The minimum atomic E-state index is -3.39. The van der Waals surface area contributed by atoms with Crippen molar-refractivity contribution >= 4 is 21.7 Å². The molecular weight excluding hydrogens is 435 g/mol. The Morgan fingerprint density at radius 1 is 1.19 bits per heavy atom. The van der Waals surface area contributed by atoms with E-state index in [0.717, 1.165) is 6.26 Å². The smallest absolute Gasteiger partial charge is 0.254 e. The second-order valence-corrected chi connectivity index (χ2v) is 9.59. The summed E-state index contributed by atoms with van der Waals surface area (Å²) in [4.78, 5) is 31.4. The number of anilines is 1. The van der Waals surface area contributed by atoms with Crippen LogP contribution in [0.5, 0.6) is 0 Å². The molecule has 1 fully saturated rings. The third-order valence-corrected chi connectivity index (χ3v) is 6.32. The molecule has 0 spiro atoms. The third kappa shape index (κ3) is 4.72. The molecule has 11 heteroatoms. The molecule has 0 aliphatic carbocycles. The standard InChI is InChI=1S/C21H21FN6O3S/c1-13-18(32(2,30)31)11-25-21(26-13)28-7-6-17(12-28)27-20(29)15-9-23-19(24-10-15)14-4-3-5-16(22)8-14/h3-5,8-11,17H,6-7,12H2,1-2H3,(H,27,29). The van der Waals surface area contributed by atoms with E-state index < -0.39 is 9.84 Å². The third-order valence-electron chi connectivity index (χ3n) is 5.12. The van der Waals surface area contributed by atoms with Crippen LogP contribution in [0, 0.1) is 12.7 Å². The molecule has 4 rings (SSSR count). The molecule has 0 radical (unpaired) electrons. The molecule has 1 saturated heterocycles. The van der Waals surface area contributed by atoms with Crippen LogP contribution in [-0.4, -0.2) is 59.6 Å². The van der Waals surface area contributed by atoms with Gasteiger partial charge < -0.3 is 10.2 Å². The van der Waals surface area contributed by atoms with Gasteiger partial charge in [-0.3, -0.25) is 4.79 Å². The molecule has 3 aromatic rings. The lowest BCUT2D eigenvalue weighted by molar-refractivity contribution is 0.0939. The lowest BCUT2D eigenvalue weighted by Gasteiger charge is -2.18. The Balaban J connectivity index is 1.39. The summed E-state index contributed by atoms with van der Waals surface area (Å²) in [6, 6.07) is 5.79. The van der Waals surface area contributed by atoms with Crippen molar-refractivity contribution in [3.8, 4) is 11.4 Å². The van der Waals surface area contributed by atoms with E-state index in [0.29, 0.717) is 48.1 Å². The molecule has 2 aromatic heterocycles. The average Bonchev–Trinajstić information content (AvgIpc) is 3.21. The van der Waals surface area contributed by atoms with E-state index >= 15 is 0 Å². The summed E-state index contributed by atoms with van der Waals surface area (Å²) >= 11 is 0. The molecule has 1 aliphatic rings. The van der Waals surface area contributed by atoms with Crippen LogP contribution in [0.25, 0.3) is 11.4 Å². The summed E-state index contributed by atoms with van der Waals surface area (Å²) in [5.74, 6) is 0.0589. The number of carbonyl (C=O) groups excluding carboxylic acids is 1. The van der Waals surface area contributed by atoms with Gasteiger partial charge >= 0.3 is 0 Å². The lowest BCUT2D eigenvalue weighted by Crippen LogP contribution is -2.37. The molecule has 1 aliphatic heterocycles. The highest BCUT2D eigenvalue weighted by Crippen LogP contribution is 2.20. The van der Waals surface area contributed by atoms with Crippen LogP contribution < -0.4 is 10.2 Å². The summed E-state index contributed by atoms with van der Waals surface area (Å²) in [5, 5.41) is 2.94. The first-order chi connectivity index (χ1) is 15.2. The van der Waals surface area contributed by atoms with Crippen molar-refractivity contribution in [2.75, 3.05) is 24.2 Å². The highest BCUT2D eigenvalue weighted by Gasteiger charge is 2.27. The molecule has 1 unspecified atom stereocenters. The van der Waals surface area contributed by atoms with Crippen LogP contribution in [0.15, 0.2) is 47.8 Å². The van der Waals surface area contributed by atoms with Gasteiger partial charge in [0.05, 0.1) is 17.5 Å². The number of aromatic nitrogens is 4. The van der Waals surface area contributed by atoms with Crippen molar-refractivity contribution in [3.63, 3.8) is 0 Å². The predicted molar refractivity (Wildman–Crippen MR) is 115 cm³/mol. The number of nitrogens with one attached hydrogen (secondary N) is 1. The van der Waals surface area contributed by atoms with Gasteiger partial charge in [-0.1, -0.05) is 12.1 Å². The first kappa shape index (κ1) is 21.8. The molecule has 3 heterocycles. The average molecular weight is 457 g/mol. The zero-order valence-corrected chi connectivity index (χ0v) is 18.3. The van der Waals surface area contributed by atoms with E-state index in [-0.39, 0.29) is 22.7 Å². The van der Waals surface area contributed by atoms with Gasteiger partial charge in [0, 0.05) is 43.3 Å². The van der Waals surface area contributed by atoms with Gasteiger partial charge in [-0.25, -0.2) is 32.7 Å². The molecule has 0 saturated carbocycles. The minimum absolute atomic E-state index is 0.104. The Morgan fingerprint density at radius 2 is 1.94 bits per heavy atom. The Bertz CT molecular complexity index is 1270. The zero-order valence-electron chi connectivity index (χ0n) is 17.5. The maximum Gasteiger partial charge on any atom is 0.254 e. The summed E-state index contributed by atoms with van der Waals surface area (Å²) in [5.41, 5.74) is 1.22. The quantitative estimate of drug-likeness (QED) is 0.617. The molecule has 1 aromatic carbocycles. The van der Waals surface area contributed by atoms with Crippen LogP contribution in [0.2, 0.25) is 0 Å². The molecule has 1 atom stereocenters. The number of benzene rings is 1. The molecule has 9 nitrogen and oxygen atoms in total. The predicted octanol–water partition coefficient (Wildman–Crippen LogP) is 1.79. The van der Waals surface area contributed by atoms with Crippen molar-refractivity contribution in [3.05, 3.63) is 59.9 Å². The Labute approximate surface area is 184 Å². The number of carbonyl (C=O) groups is 1. The maximum atomic E-state index is 13.4. The summed E-state index contributed by atoms with van der Waals surface area (Å²) in [6.45, 7) is 2.74. The lowest BCUT2D eigenvalue weighted by atomic mass is 10.2. The van der Waals surface area contributed by atoms with E-state index in [1.54, 1.807) is 19.1 Å². The SMILES string of the molecule is Cc1nc(N2CCC(NC(=O)c3cnc(-c4cccc(F)c4)nc3)C2)ncc1S(C)(=O)=O. The fraction of sp³-hybridized carbons (Fsp3) is 0.286. The fourth-order valence-electron chi connectivity index (χ4n) is 3.51. The number of hydrogen-bond donors (Lipinski definition) is 1. The van der Waals surface area contributed by atoms with E-state index in [1.165, 1.54) is 30.7 Å². The van der Waals surface area contributed by atoms with Gasteiger partial charge in [0.1, 0.15) is 10.7 Å². The van der Waals surface area contributed by atoms with Crippen LogP contribution in [0.3, 0.4) is 0 Å². The molecule has 1 N–H and O–H groups in total. The van der Waals surface area contributed by atoms with Crippen LogP contribution in [-0.2, 0) is 9.84 Å². The van der Waals surface area contributed by atoms with E-state index in [9.17, 15) is 17.6 Å². The molecule has 166 valence electrons. The van der Waals surface area contributed by atoms with E-state index in [2.05, 4.69) is 25.3 Å². The fourth-order valence-corrected chi connectivity index (χ4v) is 4.34. The summed E-state index contributed by atoms with van der Waals surface area (Å²) < 4.78 is 36.9. The Hall–Kier alpha value is -3.47. The molecule has 1 amide bonds. The maximum absolute atomic E-state index is 13.4. The van der Waals surface area contributed by atoms with Gasteiger partial charge in [0.2, 0.25) is 5.95 Å². The van der Waals surface area contributed by atoms with Crippen molar-refractivity contribution < 1.29 is 17.6 Å². The topological polar surface area (TPSA) is 118 Å². The van der Waals surface area contributed by atoms with Crippen molar-refractivity contribution in [1.82, 2.24) is 25.3 Å². The highest BCUT2D eigenvalue weighted by atomic mass is 32.2. The number of aryl methyl sites for hydroxylation is 1. The van der Waals surface area contributed by atoms with E-state index in [4.69, 9.17) is 0 Å².